The average Bonchev–Trinajstić information content (AvgIpc) is 2.74. The summed E-state index contributed by atoms with van der Waals surface area (Å²) in [5.41, 5.74) is 3.85. The Labute approximate surface area is 126 Å². The van der Waals surface area contributed by atoms with Crippen molar-refractivity contribution >= 4 is 10.9 Å². The average molecular weight is 289 g/mol. The summed E-state index contributed by atoms with van der Waals surface area (Å²) in [4.78, 5) is 1.54. The highest BCUT2D eigenvalue weighted by Crippen LogP contribution is 2.24. The molecule has 0 saturated carbocycles. The van der Waals surface area contributed by atoms with Gasteiger partial charge in [-0.05, 0) is 25.5 Å². The molecule has 1 saturated heterocycles. The molecule has 0 radical (unpaired) electrons. The molecule has 0 unspecified atom stereocenters. The van der Waals surface area contributed by atoms with Crippen molar-refractivity contribution in [3.63, 3.8) is 0 Å². The van der Waals surface area contributed by atoms with Gasteiger partial charge in [0.2, 0.25) is 0 Å². The zero-order chi connectivity index (χ0) is 14.8. The zero-order valence-electron chi connectivity index (χ0n) is 13.1. The van der Waals surface area contributed by atoms with Gasteiger partial charge >= 0.3 is 0 Å². The molecule has 2 aromatic rings. The van der Waals surface area contributed by atoms with Crippen LogP contribution in [0.15, 0.2) is 24.3 Å². The van der Waals surface area contributed by atoms with Crippen molar-refractivity contribution in [2.24, 2.45) is 0 Å². The molecule has 4 heteroatoms. The van der Waals surface area contributed by atoms with Crippen LogP contribution < -0.4 is 10.2 Å². The second-order valence-corrected chi connectivity index (χ2v) is 6.31. The smallest absolute Gasteiger partial charge is 0.127 e. The molecular weight excluding hydrogens is 262 g/mol. The van der Waals surface area contributed by atoms with E-state index in [0.29, 0.717) is 6.54 Å². The van der Waals surface area contributed by atoms with Gasteiger partial charge < -0.3 is 19.9 Å². The van der Waals surface area contributed by atoms with Gasteiger partial charge in [-0.25, -0.2) is 0 Å². The number of benzene rings is 1. The van der Waals surface area contributed by atoms with E-state index in [-0.39, 0.29) is 6.10 Å². The number of fused-ring (bicyclic) bond motifs is 1. The van der Waals surface area contributed by atoms with Gasteiger partial charge in [0.15, 0.2) is 0 Å². The number of hydrogen-bond donors (Lipinski definition) is 3. The highest BCUT2D eigenvalue weighted by Gasteiger charge is 2.21. The van der Waals surface area contributed by atoms with E-state index < -0.39 is 0 Å². The van der Waals surface area contributed by atoms with Crippen LogP contribution in [0, 0.1) is 13.8 Å². The molecule has 1 aromatic carbocycles. The third kappa shape index (κ3) is 2.98. The summed E-state index contributed by atoms with van der Waals surface area (Å²) in [5, 5.41) is 14.2. The van der Waals surface area contributed by atoms with Crippen molar-refractivity contribution in [1.29, 1.82) is 0 Å². The number of para-hydroxylation sites is 1. The molecule has 2 heterocycles. The van der Waals surface area contributed by atoms with Crippen LogP contribution in [0.1, 0.15) is 11.3 Å². The Kier molecular flexibility index (Phi) is 4.29. The fraction of sp³-hybridized carbons (Fsp3) is 0.529. The molecule has 1 aromatic heterocycles. The van der Waals surface area contributed by atoms with Crippen LogP contribution in [0.3, 0.4) is 0 Å². The first-order valence-corrected chi connectivity index (χ1v) is 8.04. The molecule has 0 aliphatic carbocycles. The molecule has 0 bridgehead atoms. The Morgan fingerprint density at radius 3 is 2.71 bits per heavy atom. The Morgan fingerprint density at radius 2 is 1.95 bits per heavy atom. The number of aryl methyl sites for hydroxylation is 1. The highest BCUT2D eigenvalue weighted by molar-refractivity contribution is 5.85. The Bertz CT molecular complexity index is 614. The molecule has 1 fully saturated rings. The number of nitrogens with two attached hydrogens (primary N) is 1. The molecular formula is C17H27N3O+2. The van der Waals surface area contributed by atoms with E-state index in [1.807, 2.05) is 0 Å². The Balaban J connectivity index is 1.76. The summed E-state index contributed by atoms with van der Waals surface area (Å²) in [6.07, 6.45) is -0.271. The first-order chi connectivity index (χ1) is 10.2. The minimum atomic E-state index is -0.271. The number of quaternary nitrogens is 2. The van der Waals surface area contributed by atoms with E-state index in [2.05, 4.69) is 48.0 Å². The van der Waals surface area contributed by atoms with Crippen molar-refractivity contribution in [1.82, 2.24) is 4.57 Å². The zero-order valence-corrected chi connectivity index (χ0v) is 13.1. The topological polar surface area (TPSA) is 46.2 Å². The number of nitrogens with zero attached hydrogens (tertiary/aromatic N) is 1. The van der Waals surface area contributed by atoms with Gasteiger partial charge in [-0.2, -0.15) is 0 Å². The van der Waals surface area contributed by atoms with Gasteiger partial charge in [0.1, 0.15) is 38.8 Å². The van der Waals surface area contributed by atoms with Gasteiger partial charge in [0.05, 0.1) is 6.54 Å². The van der Waals surface area contributed by atoms with E-state index in [4.69, 9.17) is 0 Å². The standard InChI is InChI=1S/C17H25N3O/c1-13-14(2)20(17-6-4-3-5-16(13)17)12-15(21)11-19-9-7-18-8-10-19/h3-6,15,18,21H,7-12H2,1-2H3/p+2/t15-/m0/s1. The van der Waals surface area contributed by atoms with E-state index in [1.54, 1.807) is 0 Å². The molecule has 1 aliphatic heterocycles. The van der Waals surface area contributed by atoms with Crippen LogP contribution in [-0.2, 0) is 6.54 Å². The monoisotopic (exact) mass is 289 g/mol. The second kappa shape index (κ2) is 6.18. The lowest BCUT2D eigenvalue weighted by Crippen LogP contribution is -3.21. The number of piperazine rings is 1. The number of rotatable bonds is 4. The first-order valence-electron chi connectivity index (χ1n) is 8.04. The van der Waals surface area contributed by atoms with Crippen LogP contribution in [0.4, 0.5) is 0 Å². The maximum atomic E-state index is 10.5. The normalized spacial score (nSPS) is 18.2. The van der Waals surface area contributed by atoms with Crippen LogP contribution in [0.2, 0.25) is 0 Å². The predicted octanol–water partition coefficient (Wildman–Crippen LogP) is -0.919. The molecule has 4 nitrogen and oxygen atoms in total. The van der Waals surface area contributed by atoms with E-state index in [0.717, 1.165) is 6.54 Å². The molecule has 1 aliphatic rings. The minimum Gasteiger partial charge on any atom is -0.385 e. The third-order valence-electron chi connectivity index (χ3n) is 4.87. The van der Waals surface area contributed by atoms with Gasteiger partial charge in [0.25, 0.3) is 0 Å². The summed E-state index contributed by atoms with van der Waals surface area (Å²) in [6, 6.07) is 8.50. The molecule has 0 spiro atoms. The summed E-state index contributed by atoms with van der Waals surface area (Å²) in [5.74, 6) is 0. The fourth-order valence-corrected chi connectivity index (χ4v) is 3.53. The molecule has 114 valence electrons. The van der Waals surface area contributed by atoms with Crippen molar-refractivity contribution in [2.45, 2.75) is 26.5 Å². The molecule has 21 heavy (non-hydrogen) atoms. The van der Waals surface area contributed by atoms with Crippen molar-refractivity contribution in [2.75, 3.05) is 32.7 Å². The summed E-state index contributed by atoms with van der Waals surface area (Å²) < 4.78 is 2.28. The van der Waals surface area contributed by atoms with Crippen LogP contribution in [0.5, 0.6) is 0 Å². The lowest BCUT2D eigenvalue weighted by Gasteiger charge is -2.25. The number of hydrogen-bond acceptors (Lipinski definition) is 1. The first kappa shape index (κ1) is 14.6. The summed E-state index contributed by atoms with van der Waals surface area (Å²) >= 11 is 0. The van der Waals surface area contributed by atoms with Crippen molar-refractivity contribution in [3.8, 4) is 0 Å². The van der Waals surface area contributed by atoms with Crippen LogP contribution in [-0.4, -0.2) is 48.5 Å². The largest absolute Gasteiger partial charge is 0.385 e. The predicted molar refractivity (Wildman–Crippen MR) is 84.6 cm³/mol. The third-order valence-corrected chi connectivity index (χ3v) is 4.87. The Hall–Kier alpha value is -1.36. The lowest BCUT2D eigenvalue weighted by molar-refractivity contribution is -0.949. The fourth-order valence-electron chi connectivity index (χ4n) is 3.53. The molecule has 3 rings (SSSR count). The van der Waals surface area contributed by atoms with Gasteiger partial charge in [-0.15, -0.1) is 0 Å². The summed E-state index contributed by atoms with van der Waals surface area (Å²) in [7, 11) is 0. The quantitative estimate of drug-likeness (QED) is 0.670. The van der Waals surface area contributed by atoms with Crippen molar-refractivity contribution in [3.05, 3.63) is 35.5 Å². The number of aliphatic hydroxyl groups excluding tert-OH is 1. The van der Waals surface area contributed by atoms with Gasteiger partial charge in [-0.1, -0.05) is 18.2 Å². The van der Waals surface area contributed by atoms with Crippen molar-refractivity contribution < 1.29 is 15.3 Å². The number of aromatic nitrogens is 1. The molecule has 0 amide bonds. The lowest BCUT2D eigenvalue weighted by atomic mass is 10.2. The Morgan fingerprint density at radius 1 is 1.24 bits per heavy atom. The maximum absolute atomic E-state index is 10.5. The maximum Gasteiger partial charge on any atom is 0.127 e. The van der Waals surface area contributed by atoms with E-state index >= 15 is 0 Å². The summed E-state index contributed by atoms with van der Waals surface area (Å²) in [6.45, 7) is 10.6. The van der Waals surface area contributed by atoms with E-state index in [9.17, 15) is 5.11 Å². The second-order valence-electron chi connectivity index (χ2n) is 6.31. The van der Waals surface area contributed by atoms with E-state index in [1.165, 1.54) is 53.2 Å². The number of nitrogens with one attached hydrogen (secondary N) is 1. The SMILES string of the molecule is Cc1c(C)n(C[C@@H](O)C[NH+]2CC[NH2+]CC2)c2ccccc12. The highest BCUT2D eigenvalue weighted by atomic mass is 16.3. The minimum absolute atomic E-state index is 0.271. The van der Waals surface area contributed by atoms with Crippen LogP contribution in [0.25, 0.3) is 10.9 Å². The van der Waals surface area contributed by atoms with Crippen LogP contribution >= 0.6 is 0 Å². The number of aliphatic hydroxyl groups is 1. The molecule has 4 N–H and O–H groups in total. The van der Waals surface area contributed by atoms with Gasteiger partial charge in [-0.3, -0.25) is 0 Å². The molecule has 1 atom stereocenters. The van der Waals surface area contributed by atoms with Gasteiger partial charge in [0, 0.05) is 16.6 Å².